The van der Waals surface area contributed by atoms with Crippen LogP contribution in [0.3, 0.4) is 0 Å². The van der Waals surface area contributed by atoms with Gasteiger partial charge < -0.3 is 9.05 Å². The predicted octanol–water partition coefficient (Wildman–Crippen LogP) is 1.42. The standard InChI is InChI=1S/C16H23N5O3/c1-11-8-14(23-18-11)10-20-4-6-21(7-5-20)13(3)16(22)17-15-9-12(2)19-24-15/h8-9,13H,4-7,10H2,1-3H3,(H,17,22). The van der Waals surface area contributed by atoms with Crippen molar-refractivity contribution in [2.24, 2.45) is 0 Å². The summed E-state index contributed by atoms with van der Waals surface area (Å²) < 4.78 is 10.3. The average Bonchev–Trinajstić information content (AvgIpc) is 3.15. The van der Waals surface area contributed by atoms with Crippen molar-refractivity contribution in [2.45, 2.75) is 33.4 Å². The number of aromatic nitrogens is 2. The molecule has 0 saturated carbocycles. The lowest BCUT2D eigenvalue weighted by Gasteiger charge is -2.36. The molecule has 0 aliphatic carbocycles. The van der Waals surface area contributed by atoms with E-state index in [1.165, 1.54) is 0 Å². The molecule has 1 saturated heterocycles. The zero-order chi connectivity index (χ0) is 17.1. The smallest absolute Gasteiger partial charge is 0.243 e. The average molecular weight is 333 g/mol. The summed E-state index contributed by atoms with van der Waals surface area (Å²) >= 11 is 0. The fourth-order valence-corrected chi connectivity index (χ4v) is 2.83. The summed E-state index contributed by atoms with van der Waals surface area (Å²) in [6.45, 7) is 9.84. The van der Waals surface area contributed by atoms with Crippen molar-refractivity contribution in [1.29, 1.82) is 0 Å². The van der Waals surface area contributed by atoms with Crippen LogP contribution in [0, 0.1) is 13.8 Å². The number of aryl methyl sites for hydroxylation is 2. The van der Waals surface area contributed by atoms with Crippen molar-refractivity contribution in [3.63, 3.8) is 0 Å². The normalized spacial score (nSPS) is 17.8. The van der Waals surface area contributed by atoms with Crippen molar-refractivity contribution >= 4 is 11.8 Å². The van der Waals surface area contributed by atoms with Crippen molar-refractivity contribution in [3.05, 3.63) is 29.3 Å². The molecule has 24 heavy (non-hydrogen) atoms. The fourth-order valence-electron chi connectivity index (χ4n) is 2.83. The summed E-state index contributed by atoms with van der Waals surface area (Å²) in [6.07, 6.45) is 0. The highest BCUT2D eigenvalue weighted by molar-refractivity contribution is 5.93. The van der Waals surface area contributed by atoms with Gasteiger partial charge in [0.25, 0.3) is 0 Å². The van der Waals surface area contributed by atoms with Gasteiger partial charge in [-0.15, -0.1) is 0 Å². The lowest BCUT2D eigenvalue weighted by molar-refractivity contribution is -0.121. The first kappa shape index (κ1) is 16.7. The van der Waals surface area contributed by atoms with E-state index in [1.54, 1.807) is 6.07 Å². The van der Waals surface area contributed by atoms with E-state index in [0.717, 1.165) is 49.9 Å². The minimum absolute atomic E-state index is 0.0783. The Morgan fingerprint density at radius 3 is 2.42 bits per heavy atom. The van der Waals surface area contributed by atoms with Crippen LogP contribution in [0.4, 0.5) is 5.88 Å². The molecule has 130 valence electrons. The largest absolute Gasteiger partial charge is 0.360 e. The zero-order valence-electron chi connectivity index (χ0n) is 14.3. The number of carbonyl (C=O) groups excluding carboxylic acids is 1. The Morgan fingerprint density at radius 2 is 1.83 bits per heavy atom. The molecular formula is C16H23N5O3. The summed E-state index contributed by atoms with van der Waals surface area (Å²) in [4.78, 5) is 16.8. The van der Waals surface area contributed by atoms with E-state index in [9.17, 15) is 4.79 Å². The van der Waals surface area contributed by atoms with Gasteiger partial charge in [-0.2, -0.15) is 0 Å². The van der Waals surface area contributed by atoms with Gasteiger partial charge >= 0.3 is 0 Å². The maximum atomic E-state index is 12.3. The topological polar surface area (TPSA) is 87.6 Å². The van der Waals surface area contributed by atoms with E-state index >= 15 is 0 Å². The first-order valence-electron chi connectivity index (χ1n) is 8.14. The number of amides is 1. The van der Waals surface area contributed by atoms with Crippen LogP contribution < -0.4 is 5.32 Å². The SMILES string of the molecule is Cc1cc(CN2CCN(C(C)C(=O)Nc3cc(C)no3)CC2)on1. The second kappa shape index (κ2) is 7.14. The van der Waals surface area contributed by atoms with Crippen molar-refractivity contribution in [3.8, 4) is 0 Å². The molecule has 1 aliphatic rings. The molecule has 8 nitrogen and oxygen atoms in total. The van der Waals surface area contributed by atoms with E-state index in [4.69, 9.17) is 9.05 Å². The Bertz CT molecular complexity index is 687. The number of rotatable bonds is 5. The molecule has 0 spiro atoms. The molecule has 0 aromatic carbocycles. The molecule has 1 unspecified atom stereocenters. The number of anilines is 1. The predicted molar refractivity (Wildman–Crippen MR) is 87.4 cm³/mol. The third kappa shape index (κ3) is 4.01. The molecule has 2 aromatic heterocycles. The van der Waals surface area contributed by atoms with Gasteiger partial charge in [-0.1, -0.05) is 10.3 Å². The maximum Gasteiger partial charge on any atom is 0.243 e. The Balaban J connectivity index is 1.47. The number of nitrogens with one attached hydrogen (secondary N) is 1. The van der Waals surface area contributed by atoms with Crippen molar-refractivity contribution in [2.75, 3.05) is 31.5 Å². The molecule has 3 heterocycles. The summed E-state index contributed by atoms with van der Waals surface area (Å²) in [5.41, 5.74) is 1.64. The van der Waals surface area contributed by atoms with Crippen LogP contribution in [0.25, 0.3) is 0 Å². The Kier molecular flexibility index (Phi) is 4.96. The minimum atomic E-state index is -0.218. The monoisotopic (exact) mass is 333 g/mol. The molecule has 0 bridgehead atoms. The van der Waals surface area contributed by atoms with Gasteiger partial charge in [-0.3, -0.25) is 19.9 Å². The Hall–Kier alpha value is -2.19. The minimum Gasteiger partial charge on any atom is -0.360 e. The van der Waals surface area contributed by atoms with E-state index in [2.05, 4.69) is 25.4 Å². The molecule has 2 aromatic rings. The lowest BCUT2D eigenvalue weighted by atomic mass is 10.2. The van der Waals surface area contributed by atoms with E-state index < -0.39 is 0 Å². The van der Waals surface area contributed by atoms with Crippen molar-refractivity contribution < 1.29 is 13.8 Å². The third-order valence-electron chi connectivity index (χ3n) is 4.26. The number of hydrogen-bond donors (Lipinski definition) is 1. The zero-order valence-corrected chi connectivity index (χ0v) is 14.3. The first-order valence-corrected chi connectivity index (χ1v) is 8.14. The molecule has 1 amide bonds. The third-order valence-corrected chi connectivity index (χ3v) is 4.26. The van der Waals surface area contributed by atoms with Gasteiger partial charge in [0.2, 0.25) is 11.8 Å². The Labute approximate surface area is 140 Å². The number of carbonyl (C=O) groups is 1. The number of nitrogens with zero attached hydrogens (tertiary/aromatic N) is 4. The van der Waals surface area contributed by atoms with Crippen LogP contribution in [0.1, 0.15) is 24.1 Å². The molecule has 1 fully saturated rings. The van der Waals surface area contributed by atoms with Gasteiger partial charge in [-0.05, 0) is 20.8 Å². The lowest BCUT2D eigenvalue weighted by Crippen LogP contribution is -2.52. The summed E-state index contributed by atoms with van der Waals surface area (Å²) in [6, 6.07) is 3.45. The van der Waals surface area contributed by atoms with Gasteiger partial charge in [-0.25, -0.2) is 0 Å². The van der Waals surface area contributed by atoms with Crippen LogP contribution in [0.2, 0.25) is 0 Å². The van der Waals surface area contributed by atoms with E-state index in [0.29, 0.717) is 5.88 Å². The maximum absolute atomic E-state index is 12.3. The highest BCUT2D eigenvalue weighted by Crippen LogP contribution is 2.14. The van der Waals surface area contributed by atoms with Gasteiger partial charge in [0.1, 0.15) is 0 Å². The van der Waals surface area contributed by atoms with Crippen LogP contribution >= 0.6 is 0 Å². The van der Waals surface area contributed by atoms with Gasteiger partial charge in [0.15, 0.2) is 5.76 Å². The second-order valence-electron chi connectivity index (χ2n) is 6.24. The highest BCUT2D eigenvalue weighted by atomic mass is 16.5. The van der Waals surface area contributed by atoms with Crippen LogP contribution in [-0.4, -0.2) is 58.2 Å². The van der Waals surface area contributed by atoms with Gasteiger partial charge in [0.05, 0.1) is 24.0 Å². The van der Waals surface area contributed by atoms with E-state index in [-0.39, 0.29) is 11.9 Å². The molecular weight excluding hydrogens is 310 g/mol. The summed E-state index contributed by atoms with van der Waals surface area (Å²) in [5.74, 6) is 1.20. The van der Waals surface area contributed by atoms with Crippen LogP contribution in [-0.2, 0) is 11.3 Å². The summed E-state index contributed by atoms with van der Waals surface area (Å²) in [7, 11) is 0. The second-order valence-corrected chi connectivity index (χ2v) is 6.24. The van der Waals surface area contributed by atoms with Crippen molar-refractivity contribution in [1.82, 2.24) is 20.1 Å². The van der Waals surface area contributed by atoms with Crippen LogP contribution in [0.15, 0.2) is 21.2 Å². The molecule has 1 atom stereocenters. The number of hydrogen-bond acceptors (Lipinski definition) is 7. The fraction of sp³-hybridized carbons (Fsp3) is 0.562. The Morgan fingerprint density at radius 1 is 1.17 bits per heavy atom. The number of piperazine rings is 1. The molecule has 1 aliphatic heterocycles. The molecule has 8 heteroatoms. The first-order chi connectivity index (χ1) is 11.5. The van der Waals surface area contributed by atoms with Gasteiger partial charge in [0, 0.05) is 38.3 Å². The van der Waals surface area contributed by atoms with Crippen LogP contribution in [0.5, 0.6) is 0 Å². The summed E-state index contributed by atoms with van der Waals surface area (Å²) in [5, 5.41) is 10.4. The molecule has 0 radical (unpaired) electrons. The van der Waals surface area contributed by atoms with E-state index in [1.807, 2.05) is 26.8 Å². The molecule has 1 N–H and O–H groups in total. The quantitative estimate of drug-likeness (QED) is 0.885. The molecule has 3 rings (SSSR count). The highest BCUT2D eigenvalue weighted by Gasteiger charge is 2.26.